The van der Waals surface area contributed by atoms with Crippen LogP contribution in [0.3, 0.4) is 0 Å². The largest absolute Gasteiger partial charge is 0.508 e. The topological polar surface area (TPSA) is 305 Å². The second kappa shape index (κ2) is 28.1. The summed E-state index contributed by atoms with van der Waals surface area (Å²) < 4.78 is 26.3. The third kappa shape index (κ3) is 15.8. The third-order valence-corrected chi connectivity index (χ3v) is 19.6. The molecule has 1 saturated heterocycles. The molecule has 2 heterocycles. The van der Waals surface area contributed by atoms with Crippen LogP contribution in [0.2, 0.25) is 0 Å². The minimum Gasteiger partial charge on any atom is -0.508 e. The number of phenols is 2. The number of hydrogen-bond donors (Lipinski definition) is 9. The van der Waals surface area contributed by atoms with E-state index in [9.17, 15) is 63.2 Å². The summed E-state index contributed by atoms with van der Waals surface area (Å²) in [5, 5.41) is 51.4. The molecule has 9 N–H and O–H groups in total. The van der Waals surface area contributed by atoms with Crippen molar-refractivity contribution in [2.24, 2.45) is 46.3 Å². The van der Waals surface area contributed by atoms with Gasteiger partial charge >= 0.3 is 17.8 Å². The van der Waals surface area contributed by atoms with E-state index in [0.29, 0.717) is 53.3 Å². The number of carbonyl (C=O) groups is 6. The Balaban J connectivity index is 0.888. The van der Waals surface area contributed by atoms with E-state index in [1.54, 1.807) is 17.1 Å². The number of allylic oxidation sites excluding steroid dienone is 1. The van der Waals surface area contributed by atoms with Gasteiger partial charge in [0, 0.05) is 45.1 Å². The molecule has 0 spiro atoms. The Morgan fingerprint density at radius 3 is 2.12 bits per heavy atom. The number of benzene rings is 2. The molecule has 2 aromatic carbocycles. The first-order chi connectivity index (χ1) is 40.4. The zero-order chi connectivity index (χ0) is 61.3. The number of carbonyl (C=O) groups excluding carboxylic acids is 5. The fourth-order valence-corrected chi connectivity index (χ4v) is 15.0. The third-order valence-electron chi connectivity index (χ3n) is 19.6. The van der Waals surface area contributed by atoms with E-state index in [1.807, 2.05) is 0 Å². The van der Waals surface area contributed by atoms with Gasteiger partial charge in [-0.3, -0.25) is 33.5 Å². The highest BCUT2D eigenvalue weighted by molar-refractivity contribution is 5.93. The number of halogens is 1. The summed E-state index contributed by atoms with van der Waals surface area (Å²) in [6, 6.07) is 7.79. The number of aliphatic hydroxyl groups is 1. The number of fused-ring (bicyclic) bond motifs is 5. The van der Waals surface area contributed by atoms with Crippen molar-refractivity contribution in [2.45, 2.75) is 199 Å². The molecule has 8 rings (SSSR count). The predicted molar refractivity (Wildman–Crippen MR) is 312 cm³/mol. The lowest BCUT2D eigenvalue weighted by molar-refractivity contribution is -0.142. The number of aliphatic hydroxyl groups excluding tert-OH is 1. The summed E-state index contributed by atoms with van der Waals surface area (Å²) in [4.78, 5) is 107. The normalized spacial score (nSPS) is 27.4. The Morgan fingerprint density at radius 1 is 0.788 bits per heavy atom. The maximum absolute atomic E-state index is 14.5. The van der Waals surface area contributed by atoms with Crippen molar-refractivity contribution >= 4 is 35.6 Å². The first-order valence-electron chi connectivity index (χ1n) is 30.6. The Morgan fingerprint density at radius 2 is 1.45 bits per heavy atom. The smallest absolute Gasteiger partial charge is 0.408 e. The van der Waals surface area contributed by atoms with Crippen LogP contribution in [0, 0.1) is 52.2 Å². The molecule has 20 nitrogen and oxygen atoms in total. The first-order valence-corrected chi connectivity index (χ1v) is 30.6. The zero-order valence-electron chi connectivity index (χ0n) is 49.6. The molecular weight excluding hydrogens is 1100 g/mol. The predicted octanol–water partition coefficient (Wildman–Crippen LogP) is 7.42. The van der Waals surface area contributed by atoms with E-state index in [0.717, 1.165) is 35.2 Å². The van der Waals surface area contributed by atoms with E-state index in [-0.39, 0.29) is 74.8 Å². The van der Waals surface area contributed by atoms with Gasteiger partial charge in [-0.2, -0.15) is 4.39 Å². The average molecular weight is 1180 g/mol. The second-order valence-electron chi connectivity index (χ2n) is 25.7. The Bertz CT molecular complexity index is 3020. The van der Waals surface area contributed by atoms with Gasteiger partial charge in [-0.15, -0.1) is 0 Å². The fraction of sp³-hybridized carbons (Fsp3) is 0.625. The van der Waals surface area contributed by atoms with Crippen LogP contribution in [0.4, 0.5) is 9.18 Å². The summed E-state index contributed by atoms with van der Waals surface area (Å²) in [6.45, 7) is 12.2. The molecule has 1 aromatic heterocycles. The van der Waals surface area contributed by atoms with Crippen molar-refractivity contribution in [3.8, 4) is 11.5 Å². The molecule has 21 heteroatoms. The molecule has 3 saturated carbocycles. The van der Waals surface area contributed by atoms with Gasteiger partial charge in [0.05, 0.1) is 12.3 Å². The van der Waals surface area contributed by atoms with Crippen LogP contribution in [-0.2, 0) is 46.3 Å². The van der Waals surface area contributed by atoms with Crippen molar-refractivity contribution in [3.05, 3.63) is 104 Å². The van der Waals surface area contributed by atoms with E-state index in [1.165, 1.54) is 86.9 Å². The number of unbranched alkanes of at least 4 members (excludes halogenated alkanes) is 1. The minimum atomic E-state index is -1.45. The van der Waals surface area contributed by atoms with Crippen LogP contribution in [0.25, 0.3) is 0 Å². The van der Waals surface area contributed by atoms with E-state index < -0.39 is 95.3 Å². The summed E-state index contributed by atoms with van der Waals surface area (Å²) in [6.07, 6.45) is 9.05. The number of hydrogen-bond acceptors (Lipinski definition) is 13. The highest BCUT2D eigenvalue weighted by Gasteiger charge is 2.59. The van der Waals surface area contributed by atoms with E-state index >= 15 is 0 Å². The van der Waals surface area contributed by atoms with Gasteiger partial charge < -0.3 is 51.2 Å². The van der Waals surface area contributed by atoms with Crippen molar-refractivity contribution in [1.29, 1.82) is 0 Å². The maximum Gasteiger partial charge on any atom is 0.408 e. The number of alkyl carbamates (subject to hydrolysis) is 1. The van der Waals surface area contributed by atoms with Gasteiger partial charge in [0.25, 0.3) is 5.56 Å². The van der Waals surface area contributed by atoms with Gasteiger partial charge in [-0.25, -0.2) is 14.4 Å². The van der Waals surface area contributed by atoms with Crippen molar-refractivity contribution in [3.63, 3.8) is 0 Å². The zero-order valence-corrected chi connectivity index (χ0v) is 49.6. The van der Waals surface area contributed by atoms with Crippen LogP contribution < -0.4 is 32.5 Å². The molecule has 0 radical (unpaired) electrons. The first kappa shape index (κ1) is 64.1. The number of carboxylic acids is 1. The minimum absolute atomic E-state index is 0.000628. The number of carboxylic acid groups (broad SMARTS) is 1. The molecule has 4 aliphatic carbocycles. The highest BCUT2D eigenvalue weighted by atomic mass is 19.1. The lowest BCUT2D eigenvalue weighted by atomic mass is 9.47. The number of amides is 4. The monoisotopic (exact) mass is 1180 g/mol. The SMILES string of the molecule is CC(C)CCC[C@@H](C)[C@H]1CC[C@H]2[C@@H]3CC=C4C[C@@H](OC(=O)NC(Cc5ccc(O)cc5)C(=O)N[C@H](CCCCNC(=O)CCC(=O)C5OC(n6cc(F)c(=O)[nH]c6=O)CC5O)C(=O)NC(Cc5ccc(O)cc5)C(=O)O)CC[C@]4(C)[C@H]3CC[C@]12C. The number of aromatic amines is 1. The number of aliphatic carboxylic acids is 1. The number of ketones is 1. The number of H-pyrrole nitrogens is 1. The number of rotatable bonds is 26. The highest BCUT2D eigenvalue weighted by Crippen LogP contribution is 2.67. The molecule has 0 bridgehead atoms. The molecule has 5 aliphatic rings. The molecule has 464 valence electrons. The number of ether oxygens (including phenoxy) is 2. The fourth-order valence-electron chi connectivity index (χ4n) is 15.0. The number of aromatic hydroxyl groups is 2. The molecular formula is C64H87FN6O14. The van der Waals surface area contributed by atoms with E-state index in [2.05, 4.69) is 62.0 Å². The maximum atomic E-state index is 14.5. The number of Topliss-reactive ketones (excluding diaryl/α,β-unsaturated/α-hetero) is 1. The summed E-state index contributed by atoms with van der Waals surface area (Å²) in [5.41, 5.74) is 0.521. The van der Waals surface area contributed by atoms with Gasteiger partial charge in [-0.1, -0.05) is 89.8 Å². The van der Waals surface area contributed by atoms with Crippen molar-refractivity contribution in [2.75, 3.05) is 6.54 Å². The summed E-state index contributed by atoms with van der Waals surface area (Å²) >= 11 is 0. The van der Waals surface area contributed by atoms with Gasteiger partial charge in [0.2, 0.25) is 23.5 Å². The van der Waals surface area contributed by atoms with Gasteiger partial charge in [0.15, 0.2) is 5.78 Å². The molecule has 5 unspecified atom stereocenters. The van der Waals surface area contributed by atoms with Crippen LogP contribution >= 0.6 is 0 Å². The van der Waals surface area contributed by atoms with Crippen molar-refractivity contribution < 1.29 is 63.1 Å². The van der Waals surface area contributed by atoms with E-state index in [4.69, 9.17) is 9.47 Å². The molecule has 1 aliphatic heterocycles. The van der Waals surface area contributed by atoms with Gasteiger partial charge in [-0.05, 0) is 146 Å². The average Bonchev–Trinajstić information content (AvgIpc) is 1.75. The number of nitrogens with one attached hydrogen (secondary N) is 5. The number of phenolic OH excluding ortho intramolecular Hbond substituents is 2. The van der Waals surface area contributed by atoms with Crippen LogP contribution in [0.5, 0.6) is 11.5 Å². The Labute approximate surface area is 495 Å². The lowest BCUT2D eigenvalue weighted by Crippen LogP contribution is -2.56. The lowest BCUT2D eigenvalue weighted by Gasteiger charge is -2.58. The molecule has 14 atom stereocenters. The molecule has 4 fully saturated rings. The molecule has 4 amide bonds. The number of nitrogens with zero attached hydrogens (tertiary/aromatic N) is 1. The van der Waals surface area contributed by atoms with Gasteiger partial charge in [0.1, 0.15) is 48.1 Å². The Kier molecular flexibility index (Phi) is 21.2. The van der Waals surface area contributed by atoms with Crippen molar-refractivity contribution in [1.82, 2.24) is 30.8 Å². The molecule has 85 heavy (non-hydrogen) atoms. The quantitative estimate of drug-likeness (QED) is 0.0279. The molecule has 3 aromatic rings. The summed E-state index contributed by atoms with van der Waals surface area (Å²) in [5.74, 6) is -1.37. The van der Waals surface area contributed by atoms with Crippen LogP contribution in [-0.4, -0.2) is 109 Å². The second-order valence-corrected chi connectivity index (χ2v) is 25.7. The number of aromatic nitrogens is 2. The Hall–Kier alpha value is -6.87. The standard InChI is InChI=1S/C64H87FN6O14/c1-36(2)9-8-10-37(3)45-22-23-46-44-21-16-40-33-43(26-28-63(40,4)47(44)27-29-64(45,46)5)84-62(83)69-50(31-38-12-17-41(72)18-13-38)59(79)67-49(58(78)68-51(60(80)81)32-39-14-19-42(73)20-15-39)11-6-7-30-66-54(76)25-24-52(74)56-53(75)34-55(85-56)71-35-48(65)57(77)70-61(71)82/h12-20,35-37,43-47,49-51,53,55-56,72-73,75H,6-11,21-34H2,1-5H3,(H,66,76)(H,67,79)(H,68,78)(H,69,83)(H,80,81)(H,70,77,82)/t37-,43+,44+,45-,46+,47+,49-,50?,51?,53?,55?,56?,63+,64-/m1/s1. The van der Waals surface area contributed by atoms with Crippen LogP contribution in [0.1, 0.15) is 161 Å². The summed E-state index contributed by atoms with van der Waals surface area (Å²) in [7, 11) is 0. The van der Waals surface area contributed by atoms with Crippen LogP contribution in [0.15, 0.2) is 76.0 Å².